The van der Waals surface area contributed by atoms with Gasteiger partial charge in [-0.2, -0.15) is 0 Å². The quantitative estimate of drug-likeness (QED) is 0.816. The van der Waals surface area contributed by atoms with Gasteiger partial charge < -0.3 is 9.80 Å². The number of nitrogens with one attached hydrogen (secondary N) is 1. The first kappa shape index (κ1) is 20.3. The second-order valence-electron chi connectivity index (χ2n) is 9.27. The lowest BCUT2D eigenvalue weighted by Gasteiger charge is -2.34. The number of carbonyl (C=O) groups excluding carboxylic acids is 2. The number of fused-ring (bicyclic) bond motifs is 2. The maximum Gasteiger partial charge on any atom is 0.277 e. The first-order chi connectivity index (χ1) is 15.0. The van der Waals surface area contributed by atoms with Gasteiger partial charge in [-0.1, -0.05) is 19.8 Å². The first-order valence-corrected chi connectivity index (χ1v) is 11.7. The summed E-state index contributed by atoms with van der Waals surface area (Å²) in [6.07, 6.45) is 7.40. The smallest absolute Gasteiger partial charge is 0.277 e. The van der Waals surface area contributed by atoms with Crippen molar-refractivity contribution in [2.45, 2.75) is 70.8 Å². The van der Waals surface area contributed by atoms with Crippen LogP contribution in [0.3, 0.4) is 0 Å². The molecular weight excluding hydrogens is 394 g/mol. The normalized spacial score (nSPS) is 22.2. The van der Waals surface area contributed by atoms with Gasteiger partial charge in [0.05, 0.1) is 17.8 Å². The van der Waals surface area contributed by atoms with Crippen LogP contribution in [0.1, 0.15) is 74.7 Å². The van der Waals surface area contributed by atoms with Crippen LogP contribution in [0.5, 0.6) is 0 Å². The van der Waals surface area contributed by atoms with Gasteiger partial charge in [0, 0.05) is 56.1 Å². The monoisotopic (exact) mass is 425 g/mol. The van der Waals surface area contributed by atoms with Crippen LogP contribution in [0.2, 0.25) is 0 Å². The molecule has 2 amide bonds. The molecule has 1 saturated heterocycles. The highest BCUT2D eigenvalue weighted by Crippen LogP contribution is 2.31. The van der Waals surface area contributed by atoms with Crippen LogP contribution in [0.25, 0.3) is 5.65 Å². The number of H-pyrrole nitrogens is 1. The number of hydrogen-bond acceptors (Lipinski definition) is 4. The van der Waals surface area contributed by atoms with Crippen molar-refractivity contribution in [2.75, 3.05) is 19.6 Å². The molecule has 0 unspecified atom stereocenters. The molecule has 1 N–H and O–H groups in total. The molecule has 8 heteroatoms. The molecule has 1 atom stereocenters. The Morgan fingerprint density at radius 2 is 1.94 bits per heavy atom. The minimum atomic E-state index is -0.116. The summed E-state index contributed by atoms with van der Waals surface area (Å²) < 4.78 is 1.52. The summed E-state index contributed by atoms with van der Waals surface area (Å²) in [4.78, 5) is 46.7. The maximum atomic E-state index is 13.2. The van der Waals surface area contributed by atoms with Gasteiger partial charge in [0.25, 0.3) is 5.56 Å². The number of aromatic amines is 1. The number of hydrogen-bond donors (Lipinski definition) is 1. The first-order valence-electron chi connectivity index (χ1n) is 11.7. The van der Waals surface area contributed by atoms with Gasteiger partial charge in [0.1, 0.15) is 0 Å². The number of rotatable bonds is 3. The van der Waals surface area contributed by atoms with E-state index in [9.17, 15) is 14.4 Å². The van der Waals surface area contributed by atoms with Gasteiger partial charge in [0.2, 0.25) is 11.8 Å². The van der Waals surface area contributed by atoms with E-state index >= 15 is 0 Å². The van der Waals surface area contributed by atoms with E-state index in [4.69, 9.17) is 4.98 Å². The van der Waals surface area contributed by atoms with Gasteiger partial charge in [-0.3, -0.25) is 19.5 Å². The average molecular weight is 426 g/mol. The van der Waals surface area contributed by atoms with Crippen LogP contribution in [0.4, 0.5) is 0 Å². The summed E-state index contributed by atoms with van der Waals surface area (Å²) in [5, 5.41) is 3.27. The van der Waals surface area contributed by atoms with Gasteiger partial charge in [-0.15, -0.1) is 0 Å². The SMILES string of the molecule is CCC(=O)N1CCc2nc3cc([C@H]4CCCN(C(=O)C5CCCC5)C4)[nH]n3c(=O)c2C1. The predicted octanol–water partition coefficient (Wildman–Crippen LogP) is 2.21. The van der Waals surface area contributed by atoms with E-state index in [-0.39, 0.29) is 23.3 Å². The van der Waals surface area contributed by atoms with Crippen LogP contribution in [0, 0.1) is 5.92 Å². The second-order valence-corrected chi connectivity index (χ2v) is 9.27. The van der Waals surface area contributed by atoms with Gasteiger partial charge >= 0.3 is 0 Å². The second kappa shape index (κ2) is 8.13. The Kier molecular flexibility index (Phi) is 5.32. The van der Waals surface area contributed by atoms with Crippen LogP contribution >= 0.6 is 0 Å². The number of aromatic nitrogens is 3. The lowest BCUT2D eigenvalue weighted by Crippen LogP contribution is -2.42. The van der Waals surface area contributed by atoms with E-state index in [2.05, 4.69) is 5.10 Å². The summed E-state index contributed by atoms with van der Waals surface area (Å²) in [5.41, 5.74) is 2.90. The molecule has 3 aliphatic rings. The third kappa shape index (κ3) is 3.66. The minimum absolute atomic E-state index is 0.0662. The lowest BCUT2D eigenvalue weighted by molar-refractivity contribution is -0.136. The van der Waals surface area contributed by atoms with Crippen LogP contribution in [0.15, 0.2) is 10.9 Å². The third-order valence-electron chi connectivity index (χ3n) is 7.31. The van der Waals surface area contributed by atoms with Crippen LogP contribution < -0.4 is 5.56 Å². The summed E-state index contributed by atoms with van der Waals surface area (Å²) in [5.74, 6) is 0.767. The van der Waals surface area contributed by atoms with Crippen molar-refractivity contribution in [3.05, 3.63) is 33.4 Å². The van der Waals surface area contributed by atoms with Gasteiger partial charge in [-0.05, 0) is 25.7 Å². The highest BCUT2D eigenvalue weighted by molar-refractivity contribution is 5.79. The standard InChI is InChI=1S/C23H31N5O3/c1-2-21(29)26-11-9-18-17(14-26)23(31)28-20(24-18)12-19(25-28)16-8-5-10-27(13-16)22(30)15-6-3-4-7-15/h12,15-16,25H,2-11,13-14H2,1H3/t16-/m0/s1. The molecule has 2 aliphatic heterocycles. The maximum absolute atomic E-state index is 13.2. The molecule has 5 rings (SSSR count). The summed E-state index contributed by atoms with van der Waals surface area (Å²) in [6, 6.07) is 1.97. The molecule has 0 spiro atoms. The topological polar surface area (TPSA) is 90.8 Å². The van der Waals surface area contributed by atoms with E-state index in [0.717, 1.165) is 56.5 Å². The van der Waals surface area contributed by atoms with Crippen molar-refractivity contribution in [2.24, 2.45) is 5.92 Å². The van der Waals surface area contributed by atoms with E-state index < -0.39 is 0 Å². The number of carbonyl (C=O) groups is 2. The minimum Gasteiger partial charge on any atom is -0.342 e. The Balaban J connectivity index is 1.40. The fourth-order valence-corrected chi connectivity index (χ4v) is 5.51. The van der Waals surface area contributed by atoms with Crippen molar-refractivity contribution < 1.29 is 9.59 Å². The Morgan fingerprint density at radius 3 is 2.71 bits per heavy atom. The third-order valence-corrected chi connectivity index (χ3v) is 7.31. The zero-order valence-electron chi connectivity index (χ0n) is 18.2. The average Bonchev–Trinajstić information content (AvgIpc) is 3.48. The molecule has 0 aromatic carbocycles. The molecule has 31 heavy (non-hydrogen) atoms. The molecule has 2 aromatic heterocycles. The molecule has 2 fully saturated rings. The number of likely N-dealkylation sites (tertiary alicyclic amines) is 1. The highest BCUT2D eigenvalue weighted by Gasteiger charge is 2.32. The predicted molar refractivity (Wildman–Crippen MR) is 116 cm³/mol. The van der Waals surface area contributed by atoms with Gasteiger partial charge in [-0.25, -0.2) is 9.50 Å². The molecule has 0 bridgehead atoms. The summed E-state index contributed by atoms with van der Waals surface area (Å²) in [6.45, 7) is 4.32. The number of piperidine rings is 1. The van der Waals surface area contributed by atoms with E-state index in [1.54, 1.807) is 4.90 Å². The molecule has 1 aliphatic carbocycles. The Morgan fingerprint density at radius 1 is 1.13 bits per heavy atom. The zero-order valence-corrected chi connectivity index (χ0v) is 18.2. The number of nitrogens with zero attached hydrogens (tertiary/aromatic N) is 4. The largest absolute Gasteiger partial charge is 0.342 e. The van der Waals surface area contributed by atoms with Crippen LogP contribution in [-0.2, 0) is 22.6 Å². The van der Waals surface area contributed by atoms with Crippen LogP contribution in [-0.4, -0.2) is 55.8 Å². The summed E-state index contributed by atoms with van der Waals surface area (Å²) in [7, 11) is 0. The zero-order chi connectivity index (χ0) is 21.5. The number of amides is 2. The Hall–Kier alpha value is -2.64. The van der Waals surface area contributed by atoms with Crippen molar-refractivity contribution in [3.8, 4) is 0 Å². The molecule has 166 valence electrons. The fourth-order valence-electron chi connectivity index (χ4n) is 5.51. The van der Waals surface area contributed by atoms with Crippen molar-refractivity contribution in [1.82, 2.24) is 24.4 Å². The van der Waals surface area contributed by atoms with E-state index in [1.165, 1.54) is 4.52 Å². The molecule has 2 aromatic rings. The lowest BCUT2D eigenvalue weighted by atomic mass is 9.93. The summed E-state index contributed by atoms with van der Waals surface area (Å²) >= 11 is 0. The Labute approximate surface area is 181 Å². The van der Waals surface area contributed by atoms with E-state index in [0.29, 0.717) is 49.6 Å². The molecule has 4 heterocycles. The molecule has 1 saturated carbocycles. The fraction of sp³-hybridized carbons (Fsp3) is 0.652. The van der Waals surface area contributed by atoms with E-state index in [1.807, 2.05) is 17.9 Å². The van der Waals surface area contributed by atoms with Gasteiger partial charge in [0.15, 0.2) is 5.65 Å². The molecular formula is C23H31N5O3. The highest BCUT2D eigenvalue weighted by atomic mass is 16.2. The van der Waals surface area contributed by atoms with Crippen molar-refractivity contribution in [3.63, 3.8) is 0 Å². The Bertz CT molecular complexity index is 1070. The molecule has 0 radical (unpaired) electrons. The van der Waals surface area contributed by atoms with Crippen molar-refractivity contribution >= 4 is 17.5 Å². The van der Waals surface area contributed by atoms with Crippen molar-refractivity contribution in [1.29, 1.82) is 0 Å². The molecule has 8 nitrogen and oxygen atoms in total.